The summed E-state index contributed by atoms with van der Waals surface area (Å²) < 4.78 is 0. The normalized spacial score (nSPS) is 22.9. The van der Waals surface area contributed by atoms with Crippen molar-refractivity contribution in [3.63, 3.8) is 0 Å². The molecule has 1 heterocycles. The van der Waals surface area contributed by atoms with Gasteiger partial charge >= 0.3 is 0 Å². The van der Waals surface area contributed by atoms with Gasteiger partial charge in [-0.25, -0.2) is 0 Å². The first-order valence-corrected chi connectivity index (χ1v) is 7.65. The summed E-state index contributed by atoms with van der Waals surface area (Å²) in [5.74, 6) is 0. The summed E-state index contributed by atoms with van der Waals surface area (Å²) in [5.41, 5.74) is 0.746. The minimum Gasteiger partial charge on any atom is -0.304 e. The van der Waals surface area contributed by atoms with Gasteiger partial charge in [-0.15, -0.1) is 0 Å². The third kappa shape index (κ3) is 5.87. The zero-order chi connectivity index (χ0) is 13.3. The molecule has 2 rings (SSSR count). The summed E-state index contributed by atoms with van der Waals surface area (Å²) in [6, 6.07) is 0. The Kier molecular flexibility index (Phi) is 8.89. The summed E-state index contributed by atoms with van der Waals surface area (Å²) in [4.78, 5) is 5.10. The Morgan fingerprint density at radius 2 is 1.35 bits per heavy atom. The lowest BCUT2D eigenvalue weighted by Gasteiger charge is -2.34. The molecule has 17 heavy (non-hydrogen) atoms. The van der Waals surface area contributed by atoms with Crippen molar-refractivity contribution in [2.45, 2.75) is 53.9 Å². The van der Waals surface area contributed by atoms with Gasteiger partial charge in [0.15, 0.2) is 0 Å². The Bertz CT molecular complexity index is 168. The van der Waals surface area contributed by atoms with Crippen molar-refractivity contribution >= 4 is 0 Å². The second kappa shape index (κ2) is 8.93. The van der Waals surface area contributed by atoms with Crippen molar-refractivity contribution in [3.05, 3.63) is 0 Å². The Hall–Kier alpha value is -0.0800. The second-order valence-electron chi connectivity index (χ2n) is 4.93. The molecule has 0 aromatic rings. The van der Waals surface area contributed by atoms with Crippen LogP contribution >= 0.6 is 0 Å². The fourth-order valence-corrected chi connectivity index (χ4v) is 2.28. The summed E-state index contributed by atoms with van der Waals surface area (Å²) in [6.45, 7) is 16.8. The fourth-order valence-electron chi connectivity index (χ4n) is 2.28. The number of likely N-dealkylation sites (N-methyl/N-ethyl adjacent to an activating group) is 1. The highest BCUT2D eigenvalue weighted by molar-refractivity contribution is 4.94. The monoisotopic (exact) mass is 242 g/mol. The van der Waals surface area contributed by atoms with E-state index in [9.17, 15) is 0 Å². The van der Waals surface area contributed by atoms with Gasteiger partial charge in [-0.05, 0) is 31.7 Å². The molecule has 0 amide bonds. The van der Waals surface area contributed by atoms with Crippen LogP contribution in [0.4, 0.5) is 0 Å². The number of hydrogen-bond acceptors (Lipinski definition) is 2. The van der Waals surface area contributed by atoms with Gasteiger partial charge in [-0.1, -0.05) is 34.6 Å². The molecule has 2 aliphatic rings. The number of piperazine rings is 1. The van der Waals surface area contributed by atoms with Gasteiger partial charge in [0.1, 0.15) is 0 Å². The smallest absolute Gasteiger partial charge is 0.0110 e. The second-order valence-corrected chi connectivity index (χ2v) is 4.93. The minimum absolute atomic E-state index is 0.746. The molecular formula is C15H34N2. The standard InChI is InChI=1S/C11H22N2.2C2H6/c1-3-11(4-5-11)10-13-8-6-12(2)7-9-13;2*1-2/h3-10H2,1-2H3;2*1-2H3. The van der Waals surface area contributed by atoms with Crippen LogP contribution in [0.25, 0.3) is 0 Å². The highest BCUT2D eigenvalue weighted by atomic mass is 15.2. The molecule has 0 aromatic heterocycles. The average Bonchev–Trinajstić information content (AvgIpc) is 3.18. The number of nitrogens with zero attached hydrogens (tertiary/aromatic N) is 2. The van der Waals surface area contributed by atoms with Crippen LogP contribution in [0.5, 0.6) is 0 Å². The van der Waals surface area contributed by atoms with E-state index >= 15 is 0 Å². The van der Waals surface area contributed by atoms with Gasteiger partial charge in [-0.3, -0.25) is 0 Å². The van der Waals surface area contributed by atoms with Crippen molar-refractivity contribution in [3.8, 4) is 0 Å². The summed E-state index contributed by atoms with van der Waals surface area (Å²) in [7, 11) is 2.23. The molecule has 1 aliphatic carbocycles. The first-order chi connectivity index (χ1) is 8.24. The molecule has 2 heteroatoms. The lowest BCUT2D eigenvalue weighted by atomic mass is 10.0. The van der Waals surface area contributed by atoms with Gasteiger partial charge in [0.2, 0.25) is 0 Å². The van der Waals surface area contributed by atoms with Crippen LogP contribution in [-0.2, 0) is 0 Å². The molecule has 0 atom stereocenters. The van der Waals surface area contributed by atoms with E-state index < -0.39 is 0 Å². The van der Waals surface area contributed by atoms with Gasteiger partial charge in [0.25, 0.3) is 0 Å². The molecule has 0 N–H and O–H groups in total. The first kappa shape index (κ1) is 16.9. The van der Waals surface area contributed by atoms with Crippen molar-refractivity contribution in [2.75, 3.05) is 39.8 Å². The van der Waals surface area contributed by atoms with E-state index in [1.54, 1.807) is 0 Å². The molecule has 2 nitrogen and oxygen atoms in total. The number of hydrogen-bond donors (Lipinski definition) is 0. The molecule has 0 radical (unpaired) electrons. The maximum atomic E-state index is 2.66. The molecule has 1 aliphatic heterocycles. The molecule has 0 bridgehead atoms. The molecule has 1 saturated carbocycles. The van der Waals surface area contributed by atoms with Crippen molar-refractivity contribution < 1.29 is 0 Å². The molecule has 0 unspecified atom stereocenters. The van der Waals surface area contributed by atoms with Gasteiger partial charge < -0.3 is 9.80 Å². The van der Waals surface area contributed by atoms with Gasteiger partial charge in [-0.2, -0.15) is 0 Å². The third-order valence-corrected chi connectivity index (χ3v) is 3.86. The Labute approximate surface area is 109 Å². The van der Waals surface area contributed by atoms with E-state index in [2.05, 4.69) is 23.8 Å². The van der Waals surface area contributed by atoms with Gasteiger partial charge in [0.05, 0.1) is 0 Å². The highest BCUT2D eigenvalue weighted by Crippen LogP contribution is 2.49. The van der Waals surface area contributed by atoms with E-state index in [-0.39, 0.29) is 0 Å². The average molecular weight is 242 g/mol. The Balaban J connectivity index is 0.000000581. The zero-order valence-electron chi connectivity index (χ0n) is 13.1. The molecule has 0 aromatic carbocycles. The van der Waals surface area contributed by atoms with Crippen LogP contribution in [0.2, 0.25) is 0 Å². The predicted molar refractivity (Wildman–Crippen MR) is 78.6 cm³/mol. The lowest BCUT2D eigenvalue weighted by Crippen LogP contribution is -2.46. The predicted octanol–water partition coefficient (Wildman–Crippen LogP) is 3.48. The molecular weight excluding hydrogens is 208 g/mol. The van der Waals surface area contributed by atoms with E-state index in [0.717, 1.165) is 5.41 Å². The lowest BCUT2D eigenvalue weighted by molar-refractivity contribution is 0.129. The van der Waals surface area contributed by atoms with E-state index in [0.29, 0.717) is 0 Å². The Morgan fingerprint density at radius 3 is 1.71 bits per heavy atom. The fraction of sp³-hybridized carbons (Fsp3) is 1.00. The largest absolute Gasteiger partial charge is 0.304 e. The molecule has 2 fully saturated rings. The van der Waals surface area contributed by atoms with Crippen LogP contribution < -0.4 is 0 Å². The Morgan fingerprint density at radius 1 is 0.882 bits per heavy atom. The molecule has 1 saturated heterocycles. The van der Waals surface area contributed by atoms with Crippen molar-refractivity contribution in [1.82, 2.24) is 9.80 Å². The SMILES string of the molecule is CC.CC.CCC1(CN2CCN(C)CC2)CC1. The molecule has 0 spiro atoms. The van der Waals surface area contributed by atoms with E-state index in [4.69, 9.17) is 0 Å². The van der Waals surface area contributed by atoms with Crippen LogP contribution in [-0.4, -0.2) is 49.6 Å². The number of rotatable bonds is 3. The summed E-state index contributed by atoms with van der Waals surface area (Å²) in [6.07, 6.45) is 4.35. The van der Waals surface area contributed by atoms with Crippen molar-refractivity contribution in [1.29, 1.82) is 0 Å². The maximum Gasteiger partial charge on any atom is 0.0110 e. The van der Waals surface area contributed by atoms with E-state index in [1.807, 2.05) is 27.7 Å². The van der Waals surface area contributed by atoms with Gasteiger partial charge in [0, 0.05) is 32.7 Å². The van der Waals surface area contributed by atoms with Crippen LogP contribution in [0, 0.1) is 5.41 Å². The molecule has 104 valence electrons. The maximum absolute atomic E-state index is 2.66. The third-order valence-electron chi connectivity index (χ3n) is 3.86. The zero-order valence-corrected chi connectivity index (χ0v) is 13.1. The summed E-state index contributed by atoms with van der Waals surface area (Å²) in [5, 5.41) is 0. The highest BCUT2D eigenvalue weighted by Gasteiger charge is 2.41. The topological polar surface area (TPSA) is 6.48 Å². The van der Waals surface area contributed by atoms with E-state index in [1.165, 1.54) is 52.0 Å². The van der Waals surface area contributed by atoms with Crippen molar-refractivity contribution in [2.24, 2.45) is 5.41 Å². The minimum atomic E-state index is 0.746. The van der Waals surface area contributed by atoms with Crippen LogP contribution in [0.1, 0.15) is 53.9 Å². The quantitative estimate of drug-likeness (QED) is 0.747. The van der Waals surface area contributed by atoms with Crippen LogP contribution in [0.15, 0.2) is 0 Å². The van der Waals surface area contributed by atoms with Crippen LogP contribution in [0.3, 0.4) is 0 Å². The summed E-state index contributed by atoms with van der Waals surface area (Å²) >= 11 is 0. The first-order valence-electron chi connectivity index (χ1n) is 7.65.